The maximum Gasteiger partial charge on any atom is 0.254 e. The van der Waals surface area contributed by atoms with Crippen molar-refractivity contribution in [1.29, 1.82) is 0 Å². The summed E-state index contributed by atoms with van der Waals surface area (Å²) in [5, 5.41) is 11.0. The summed E-state index contributed by atoms with van der Waals surface area (Å²) in [6, 6.07) is 13.9. The lowest BCUT2D eigenvalue weighted by molar-refractivity contribution is -0.0596. The van der Waals surface area contributed by atoms with Gasteiger partial charge in [-0.15, -0.1) is 0 Å². The number of likely N-dealkylation sites (tertiary alicyclic amines) is 2. The van der Waals surface area contributed by atoms with Crippen LogP contribution in [0.4, 0.5) is 0 Å². The number of aromatic nitrogens is 1. The van der Waals surface area contributed by atoms with Gasteiger partial charge in [0.2, 0.25) is 0 Å². The van der Waals surface area contributed by atoms with Crippen molar-refractivity contribution in [1.82, 2.24) is 14.8 Å². The number of β-amino-alcohol motifs (C(OH)–C–C–N with tert-alkyl or cyclic N) is 1. The molecule has 2 aromatic rings. The Kier molecular flexibility index (Phi) is 4.74. The highest BCUT2D eigenvalue weighted by atomic mass is 16.3. The number of carbonyl (C=O) groups is 1. The second kappa shape index (κ2) is 7.17. The second-order valence-electron chi connectivity index (χ2n) is 7.37. The van der Waals surface area contributed by atoms with Gasteiger partial charge in [0, 0.05) is 37.6 Å². The molecular weight excluding hydrogens is 326 g/mol. The van der Waals surface area contributed by atoms with Gasteiger partial charge in [0.15, 0.2) is 0 Å². The number of benzene rings is 1. The fraction of sp³-hybridized carbons (Fsp3) is 0.429. The first kappa shape index (κ1) is 17.2. The standard InChI is InChI=1S/C21H25N3O2/c25-19-16-23(20(26)18-7-11-22-12-8-18)14-10-21(19)9-4-13-24(21)15-17-5-2-1-3-6-17/h1-3,5-8,11-12,19,25H,4,9-10,13-16H2/t19-,21-/m0/s1. The molecule has 3 heterocycles. The molecule has 2 aliphatic rings. The molecule has 1 N–H and O–H groups in total. The highest BCUT2D eigenvalue weighted by Gasteiger charge is 2.49. The van der Waals surface area contributed by atoms with Crippen molar-refractivity contribution in [2.45, 2.75) is 37.5 Å². The van der Waals surface area contributed by atoms with Crippen molar-refractivity contribution < 1.29 is 9.90 Å². The van der Waals surface area contributed by atoms with E-state index < -0.39 is 6.10 Å². The number of nitrogens with zero attached hydrogens (tertiary/aromatic N) is 3. The van der Waals surface area contributed by atoms with Crippen LogP contribution >= 0.6 is 0 Å². The van der Waals surface area contributed by atoms with Gasteiger partial charge in [-0.2, -0.15) is 0 Å². The summed E-state index contributed by atoms with van der Waals surface area (Å²) in [6.45, 7) is 2.94. The van der Waals surface area contributed by atoms with Crippen LogP contribution in [0.15, 0.2) is 54.9 Å². The summed E-state index contributed by atoms with van der Waals surface area (Å²) < 4.78 is 0. The molecule has 1 spiro atoms. The minimum Gasteiger partial charge on any atom is -0.389 e. The van der Waals surface area contributed by atoms with Crippen LogP contribution in [0.3, 0.4) is 0 Å². The van der Waals surface area contributed by atoms with Gasteiger partial charge >= 0.3 is 0 Å². The number of aliphatic hydroxyl groups excluding tert-OH is 1. The predicted molar refractivity (Wildman–Crippen MR) is 99.6 cm³/mol. The van der Waals surface area contributed by atoms with Crippen LogP contribution in [0.25, 0.3) is 0 Å². The molecule has 2 fully saturated rings. The first-order valence-electron chi connectivity index (χ1n) is 9.35. The van der Waals surface area contributed by atoms with Crippen LogP contribution in [0, 0.1) is 0 Å². The molecular formula is C21H25N3O2. The average molecular weight is 351 g/mol. The highest BCUT2D eigenvalue weighted by molar-refractivity contribution is 5.94. The van der Waals surface area contributed by atoms with Crippen LogP contribution in [-0.4, -0.2) is 57.1 Å². The zero-order chi connectivity index (χ0) is 18.0. The zero-order valence-electron chi connectivity index (χ0n) is 14.9. The number of aliphatic hydroxyl groups is 1. The van der Waals surface area contributed by atoms with E-state index in [1.54, 1.807) is 29.4 Å². The van der Waals surface area contributed by atoms with Crippen LogP contribution in [0.5, 0.6) is 0 Å². The zero-order valence-corrected chi connectivity index (χ0v) is 14.9. The number of rotatable bonds is 3. The summed E-state index contributed by atoms with van der Waals surface area (Å²) in [7, 11) is 0. The van der Waals surface area contributed by atoms with Crippen molar-refractivity contribution in [2.24, 2.45) is 0 Å². The summed E-state index contributed by atoms with van der Waals surface area (Å²) in [5.41, 5.74) is 1.71. The smallest absolute Gasteiger partial charge is 0.254 e. The van der Waals surface area contributed by atoms with E-state index in [1.807, 2.05) is 6.07 Å². The van der Waals surface area contributed by atoms with Crippen molar-refractivity contribution in [3.63, 3.8) is 0 Å². The molecule has 2 saturated heterocycles. The number of amides is 1. The Morgan fingerprint density at radius 2 is 1.88 bits per heavy atom. The van der Waals surface area contributed by atoms with E-state index in [2.05, 4.69) is 34.1 Å². The van der Waals surface area contributed by atoms with Crippen molar-refractivity contribution in [3.8, 4) is 0 Å². The molecule has 0 unspecified atom stereocenters. The normalized spacial score (nSPS) is 26.3. The molecule has 1 amide bonds. The third-order valence-electron chi connectivity index (χ3n) is 5.93. The molecule has 5 heteroatoms. The number of carbonyl (C=O) groups excluding carboxylic acids is 1. The van der Waals surface area contributed by atoms with Gasteiger partial charge in [0.1, 0.15) is 0 Å². The van der Waals surface area contributed by atoms with Gasteiger partial charge in [-0.25, -0.2) is 0 Å². The Labute approximate surface area is 154 Å². The van der Waals surface area contributed by atoms with Gasteiger partial charge < -0.3 is 10.0 Å². The van der Waals surface area contributed by atoms with Gasteiger partial charge in [0.05, 0.1) is 11.6 Å². The summed E-state index contributed by atoms with van der Waals surface area (Å²) in [4.78, 5) is 20.9. The van der Waals surface area contributed by atoms with Crippen LogP contribution < -0.4 is 0 Å². The van der Waals surface area contributed by atoms with Crippen molar-refractivity contribution >= 4 is 5.91 Å². The van der Waals surface area contributed by atoms with Gasteiger partial charge in [-0.3, -0.25) is 14.7 Å². The first-order valence-corrected chi connectivity index (χ1v) is 9.35. The minimum absolute atomic E-state index is 0.0195. The topological polar surface area (TPSA) is 56.7 Å². The van der Waals surface area contributed by atoms with E-state index in [4.69, 9.17) is 0 Å². The lowest BCUT2D eigenvalue weighted by atomic mass is 9.82. The van der Waals surface area contributed by atoms with Gasteiger partial charge in [-0.05, 0) is 43.5 Å². The summed E-state index contributed by atoms with van der Waals surface area (Å²) >= 11 is 0. The Morgan fingerprint density at radius 1 is 1.12 bits per heavy atom. The molecule has 2 aliphatic heterocycles. The summed E-state index contributed by atoms with van der Waals surface area (Å²) in [6.07, 6.45) is 5.66. The molecule has 1 aromatic carbocycles. The predicted octanol–water partition coefficient (Wildman–Crippen LogP) is 2.32. The average Bonchev–Trinajstić information content (AvgIpc) is 3.08. The molecule has 5 nitrogen and oxygen atoms in total. The maximum atomic E-state index is 12.7. The first-order chi connectivity index (χ1) is 12.7. The highest BCUT2D eigenvalue weighted by Crippen LogP contribution is 2.39. The molecule has 0 bridgehead atoms. The molecule has 4 rings (SSSR count). The lowest BCUT2D eigenvalue weighted by Gasteiger charge is -2.48. The second-order valence-corrected chi connectivity index (χ2v) is 7.37. The quantitative estimate of drug-likeness (QED) is 0.922. The Hall–Kier alpha value is -2.24. The van der Waals surface area contributed by atoms with Gasteiger partial charge in [-0.1, -0.05) is 30.3 Å². The molecule has 2 atom stereocenters. The third kappa shape index (κ3) is 3.13. The molecule has 0 aliphatic carbocycles. The van der Waals surface area contributed by atoms with Crippen molar-refractivity contribution in [3.05, 3.63) is 66.0 Å². The minimum atomic E-state index is -0.520. The third-order valence-corrected chi connectivity index (χ3v) is 5.93. The fourth-order valence-corrected chi connectivity index (χ4v) is 4.48. The molecule has 1 aromatic heterocycles. The SMILES string of the molecule is O=C(c1ccncc1)N1CC[C@@]2(CCCN2Cc2ccccc2)[C@@H](O)C1. The van der Waals surface area contributed by atoms with Crippen molar-refractivity contribution in [2.75, 3.05) is 19.6 Å². The Morgan fingerprint density at radius 3 is 2.62 bits per heavy atom. The van der Waals surface area contributed by atoms with Crippen LogP contribution in [0.2, 0.25) is 0 Å². The van der Waals surface area contributed by atoms with E-state index in [1.165, 1.54) is 5.56 Å². The Balaban J connectivity index is 1.48. The molecule has 26 heavy (non-hydrogen) atoms. The Bertz CT molecular complexity index is 752. The van der Waals surface area contributed by atoms with Crippen LogP contribution in [-0.2, 0) is 6.54 Å². The van der Waals surface area contributed by atoms with E-state index in [0.29, 0.717) is 18.7 Å². The number of hydrogen-bond acceptors (Lipinski definition) is 4. The van der Waals surface area contributed by atoms with E-state index in [-0.39, 0.29) is 11.4 Å². The number of piperidine rings is 1. The molecule has 0 saturated carbocycles. The monoisotopic (exact) mass is 351 g/mol. The van der Waals surface area contributed by atoms with Crippen LogP contribution in [0.1, 0.15) is 35.2 Å². The molecule has 136 valence electrons. The molecule has 0 radical (unpaired) electrons. The fourth-order valence-electron chi connectivity index (χ4n) is 4.48. The maximum absolute atomic E-state index is 12.7. The largest absolute Gasteiger partial charge is 0.389 e. The van der Waals surface area contributed by atoms with E-state index in [0.717, 1.165) is 32.4 Å². The lowest BCUT2D eigenvalue weighted by Crippen LogP contribution is -2.62. The van der Waals surface area contributed by atoms with Gasteiger partial charge in [0.25, 0.3) is 5.91 Å². The number of hydrogen-bond donors (Lipinski definition) is 1. The van der Waals surface area contributed by atoms with E-state index >= 15 is 0 Å². The van der Waals surface area contributed by atoms with E-state index in [9.17, 15) is 9.90 Å². The summed E-state index contributed by atoms with van der Waals surface area (Å²) in [5.74, 6) is -0.0195. The number of pyridine rings is 1.